The van der Waals surface area contributed by atoms with Gasteiger partial charge in [0.2, 0.25) is 11.2 Å². The lowest BCUT2D eigenvalue weighted by molar-refractivity contribution is -0.138. The van der Waals surface area contributed by atoms with Crippen LogP contribution in [0, 0.1) is 0 Å². The molecule has 2 aromatic heterocycles. The quantitative estimate of drug-likeness (QED) is 0.575. The molecule has 3 aliphatic heterocycles. The number of carbonyl (C=O) groups is 1. The van der Waals surface area contributed by atoms with Gasteiger partial charge in [-0.2, -0.15) is 9.97 Å². The second-order valence-corrected chi connectivity index (χ2v) is 9.47. The Morgan fingerprint density at radius 1 is 1.00 bits per heavy atom. The van der Waals surface area contributed by atoms with E-state index in [2.05, 4.69) is 36.2 Å². The number of likely N-dealkylation sites (tertiary alicyclic amines) is 1. The van der Waals surface area contributed by atoms with E-state index in [0.29, 0.717) is 45.8 Å². The second-order valence-electron chi connectivity index (χ2n) is 9.13. The molecule has 0 spiro atoms. The van der Waals surface area contributed by atoms with Crippen LogP contribution in [0.25, 0.3) is 11.2 Å². The maximum absolute atomic E-state index is 12.5. The van der Waals surface area contributed by atoms with Gasteiger partial charge in [-0.05, 0) is 31.4 Å². The van der Waals surface area contributed by atoms with Crippen LogP contribution in [0.15, 0.2) is 0 Å². The summed E-state index contributed by atoms with van der Waals surface area (Å²) in [7, 11) is 0. The number of anilines is 1. The van der Waals surface area contributed by atoms with E-state index < -0.39 is 5.54 Å². The third kappa shape index (κ3) is 4.35. The largest absolute Gasteiger partial charge is 0.379 e. The number of rotatable bonds is 6. The van der Waals surface area contributed by atoms with Crippen LogP contribution in [0.1, 0.15) is 25.6 Å². The molecule has 3 fully saturated rings. The van der Waals surface area contributed by atoms with E-state index in [-0.39, 0.29) is 11.2 Å². The van der Waals surface area contributed by atoms with Crippen molar-refractivity contribution < 1.29 is 14.3 Å². The summed E-state index contributed by atoms with van der Waals surface area (Å²) in [4.78, 5) is 33.3. The fourth-order valence-electron chi connectivity index (χ4n) is 5.45. The van der Waals surface area contributed by atoms with Gasteiger partial charge in [0.15, 0.2) is 17.0 Å². The van der Waals surface area contributed by atoms with Crippen LogP contribution in [-0.4, -0.2) is 106 Å². The minimum Gasteiger partial charge on any atom is -0.379 e. The minimum absolute atomic E-state index is 0.227. The number of piperidine rings is 1. The van der Waals surface area contributed by atoms with Crippen molar-refractivity contribution in [2.24, 2.45) is 5.73 Å². The third-order valence-electron chi connectivity index (χ3n) is 7.38. The van der Waals surface area contributed by atoms with Crippen LogP contribution < -0.4 is 10.6 Å². The molecule has 0 saturated carbocycles. The van der Waals surface area contributed by atoms with Crippen LogP contribution in [0.5, 0.6) is 0 Å². The van der Waals surface area contributed by atoms with E-state index in [1.54, 1.807) is 0 Å². The van der Waals surface area contributed by atoms with E-state index in [4.69, 9.17) is 31.8 Å². The Morgan fingerprint density at radius 3 is 2.26 bits per heavy atom. The van der Waals surface area contributed by atoms with Crippen molar-refractivity contribution in [1.29, 1.82) is 0 Å². The minimum atomic E-state index is -0.590. The highest BCUT2D eigenvalue weighted by Gasteiger charge is 2.45. The maximum Gasteiger partial charge on any atom is 0.238 e. The van der Waals surface area contributed by atoms with E-state index >= 15 is 0 Å². The Balaban J connectivity index is 1.37. The molecule has 3 saturated heterocycles. The first kappa shape index (κ1) is 23.7. The molecule has 5 rings (SSSR count). The van der Waals surface area contributed by atoms with Gasteiger partial charge in [-0.1, -0.05) is 0 Å². The maximum atomic E-state index is 12.5. The fraction of sp³-hybridized carbons (Fsp3) is 0.727. The standard InChI is InChI=1S/C22H33ClN8O3/c1-2-31-16(25-17-18(26-21(23)27-19(17)31)29-7-11-33-12-8-29)15-28-5-3-22(4-6-28,20(24)32)30-9-13-34-14-10-30/h2-15H2,1H3,(H2,24,32). The van der Waals surface area contributed by atoms with Gasteiger partial charge in [0.1, 0.15) is 11.4 Å². The number of carbonyl (C=O) groups excluding carboxylic acids is 1. The normalized spacial score (nSPS) is 22.4. The monoisotopic (exact) mass is 492 g/mol. The van der Waals surface area contributed by atoms with E-state index in [1.807, 2.05) is 0 Å². The van der Waals surface area contributed by atoms with Crippen LogP contribution >= 0.6 is 11.6 Å². The molecule has 1 amide bonds. The van der Waals surface area contributed by atoms with Crippen molar-refractivity contribution in [1.82, 2.24) is 29.3 Å². The number of nitrogens with two attached hydrogens (primary N) is 1. The Labute approximate surface area is 204 Å². The highest BCUT2D eigenvalue weighted by Crippen LogP contribution is 2.32. The summed E-state index contributed by atoms with van der Waals surface area (Å²) in [6.07, 6.45) is 1.42. The van der Waals surface area contributed by atoms with Gasteiger partial charge < -0.3 is 24.7 Å². The molecule has 186 valence electrons. The molecule has 0 unspecified atom stereocenters. The van der Waals surface area contributed by atoms with Crippen molar-refractivity contribution in [3.05, 3.63) is 11.1 Å². The SMILES string of the molecule is CCn1c(CN2CCC(C(N)=O)(N3CCOCC3)CC2)nc2c(N3CCOCC3)nc(Cl)nc21. The predicted octanol–water partition coefficient (Wildman–Crippen LogP) is 0.488. The van der Waals surface area contributed by atoms with E-state index in [9.17, 15) is 4.79 Å². The molecule has 0 bridgehead atoms. The number of aryl methyl sites for hydroxylation is 1. The van der Waals surface area contributed by atoms with E-state index in [0.717, 1.165) is 68.6 Å². The summed E-state index contributed by atoms with van der Waals surface area (Å²) in [5.41, 5.74) is 6.88. The Morgan fingerprint density at radius 2 is 1.65 bits per heavy atom. The Hall–Kier alpha value is -2.05. The number of hydrogen-bond acceptors (Lipinski definition) is 9. The molecule has 0 atom stereocenters. The smallest absolute Gasteiger partial charge is 0.238 e. The zero-order valence-electron chi connectivity index (χ0n) is 19.7. The van der Waals surface area contributed by atoms with Crippen molar-refractivity contribution in [3.8, 4) is 0 Å². The van der Waals surface area contributed by atoms with Crippen molar-refractivity contribution >= 4 is 34.5 Å². The first-order valence-electron chi connectivity index (χ1n) is 12.1. The summed E-state index contributed by atoms with van der Waals surface area (Å²) in [6, 6.07) is 0. The predicted molar refractivity (Wildman–Crippen MR) is 128 cm³/mol. The molecule has 12 heteroatoms. The molecule has 0 radical (unpaired) electrons. The topological polar surface area (TPSA) is 115 Å². The summed E-state index contributed by atoms with van der Waals surface area (Å²) in [5.74, 6) is 1.47. The van der Waals surface area contributed by atoms with E-state index in [1.165, 1.54) is 0 Å². The van der Waals surface area contributed by atoms with Crippen LogP contribution in [-0.2, 0) is 27.4 Å². The highest BCUT2D eigenvalue weighted by atomic mass is 35.5. The third-order valence-corrected chi connectivity index (χ3v) is 7.55. The number of aromatic nitrogens is 4. The van der Waals surface area contributed by atoms with Gasteiger partial charge in [0, 0.05) is 45.8 Å². The van der Waals surface area contributed by atoms with Crippen LogP contribution in [0.4, 0.5) is 5.82 Å². The first-order valence-corrected chi connectivity index (χ1v) is 12.5. The van der Waals surface area contributed by atoms with Gasteiger partial charge >= 0.3 is 0 Å². The lowest BCUT2D eigenvalue weighted by Gasteiger charge is -2.47. The summed E-state index contributed by atoms with van der Waals surface area (Å²) >= 11 is 6.32. The van der Waals surface area contributed by atoms with Gasteiger partial charge in [-0.3, -0.25) is 14.6 Å². The molecule has 2 aromatic rings. The zero-order chi connectivity index (χ0) is 23.7. The number of primary amides is 1. The number of fused-ring (bicyclic) bond motifs is 1. The number of hydrogen-bond donors (Lipinski definition) is 1. The summed E-state index contributed by atoms with van der Waals surface area (Å²) in [6.45, 7) is 10.6. The highest BCUT2D eigenvalue weighted by molar-refractivity contribution is 6.28. The molecule has 0 aromatic carbocycles. The number of imidazole rings is 1. The average Bonchev–Trinajstić information content (AvgIpc) is 3.21. The first-order chi connectivity index (χ1) is 16.5. The molecule has 3 aliphatic rings. The molecule has 34 heavy (non-hydrogen) atoms. The zero-order valence-corrected chi connectivity index (χ0v) is 20.5. The number of nitrogens with zero attached hydrogens (tertiary/aromatic N) is 7. The van der Waals surface area contributed by atoms with Gasteiger partial charge in [-0.25, -0.2) is 4.98 Å². The van der Waals surface area contributed by atoms with Crippen LogP contribution in [0.3, 0.4) is 0 Å². The van der Waals surface area contributed by atoms with Crippen molar-refractivity contribution in [3.63, 3.8) is 0 Å². The van der Waals surface area contributed by atoms with Crippen LogP contribution in [0.2, 0.25) is 5.28 Å². The number of morpholine rings is 2. The van der Waals surface area contributed by atoms with Crippen molar-refractivity contribution in [2.45, 2.75) is 38.4 Å². The molecule has 5 heterocycles. The summed E-state index contributed by atoms with van der Waals surface area (Å²) in [5, 5.41) is 0.227. The Kier molecular flexibility index (Phi) is 6.90. The second kappa shape index (κ2) is 9.90. The lowest BCUT2D eigenvalue weighted by Crippen LogP contribution is -2.64. The Bertz CT molecular complexity index is 1030. The molecule has 11 nitrogen and oxygen atoms in total. The molecular weight excluding hydrogens is 460 g/mol. The molecular formula is C22H33ClN8O3. The van der Waals surface area contributed by atoms with Gasteiger partial charge in [-0.15, -0.1) is 0 Å². The van der Waals surface area contributed by atoms with Gasteiger partial charge in [0.05, 0.1) is 33.0 Å². The molecule has 0 aliphatic carbocycles. The summed E-state index contributed by atoms with van der Waals surface area (Å²) < 4.78 is 13.1. The average molecular weight is 493 g/mol. The van der Waals surface area contributed by atoms with Crippen molar-refractivity contribution in [2.75, 3.05) is 70.6 Å². The number of amides is 1. The number of halogens is 1. The van der Waals surface area contributed by atoms with Gasteiger partial charge in [0.25, 0.3) is 0 Å². The lowest BCUT2D eigenvalue weighted by atomic mass is 9.84. The number of ether oxygens (including phenoxy) is 2. The fourth-order valence-corrected chi connectivity index (χ4v) is 5.61. The molecule has 2 N–H and O–H groups in total.